The molecular weight excluding hydrogens is 228 g/mol. The molecule has 0 fully saturated rings. The van der Waals surface area contributed by atoms with Gasteiger partial charge in [-0.1, -0.05) is 5.21 Å². The molecule has 0 aliphatic heterocycles. The predicted octanol–water partition coefficient (Wildman–Crippen LogP) is -0.0890. The summed E-state index contributed by atoms with van der Waals surface area (Å²) in [7, 11) is 0. The van der Waals surface area contributed by atoms with Gasteiger partial charge in [0.05, 0.1) is 18.8 Å². The number of aliphatic hydroxyl groups is 1. The minimum absolute atomic E-state index is 0.408. The van der Waals surface area contributed by atoms with Crippen molar-refractivity contribution in [1.82, 2.24) is 24.4 Å². The van der Waals surface area contributed by atoms with Crippen LogP contribution in [-0.4, -0.2) is 42.1 Å². The van der Waals surface area contributed by atoms with Crippen molar-refractivity contribution in [1.29, 1.82) is 0 Å². The van der Waals surface area contributed by atoms with Crippen molar-refractivity contribution in [2.45, 2.75) is 19.6 Å². The lowest BCUT2D eigenvalue weighted by Crippen LogP contribution is -2.25. The summed E-state index contributed by atoms with van der Waals surface area (Å²) in [6.07, 6.45) is 2.75. The van der Waals surface area contributed by atoms with Crippen molar-refractivity contribution in [3.63, 3.8) is 0 Å². The van der Waals surface area contributed by atoms with Gasteiger partial charge in [-0.3, -0.25) is 0 Å². The standard InChI is InChI=1S/C8H12N6OS/c1-6-11-8(16-12-6)9-4-7(15)5-14-3-2-10-13-14/h2-3,7,15H,4-5H2,1H3,(H,9,11,12). The Balaban J connectivity index is 1.77. The molecule has 0 amide bonds. The lowest BCUT2D eigenvalue weighted by atomic mass is 10.3. The number of aromatic nitrogens is 5. The van der Waals surface area contributed by atoms with Gasteiger partial charge in [-0.15, -0.1) is 5.10 Å². The van der Waals surface area contributed by atoms with Crippen LogP contribution in [0.3, 0.4) is 0 Å². The van der Waals surface area contributed by atoms with Gasteiger partial charge in [0, 0.05) is 24.3 Å². The lowest BCUT2D eigenvalue weighted by Gasteiger charge is -2.10. The summed E-state index contributed by atoms with van der Waals surface area (Å²) in [5.41, 5.74) is 0. The van der Waals surface area contributed by atoms with Crippen molar-refractivity contribution < 1.29 is 5.11 Å². The zero-order valence-electron chi connectivity index (χ0n) is 8.74. The Morgan fingerprint density at radius 3 is 3.12 bits per heavy atom. The van der Waals surface area contributed by atoms with Crippen molar-refractivity contribution in [3.05, 3.63) is 18.2 Å². The first kappa shape index (κ1) is 11.0. The quantitative estimate of drug-likeness (QED) is 0.759. The van der Waals surface area contributed by atoms with Crippen molar-refractivity contribution in [3.8, 4) is 0 Å². The first-order valence-corrected chi connectivity index (χ1v) is 5.58. The molecule has 2 aromatic heterocycles. The summed E-state index contributed by atoms with van der Waals surface area (Å²) >= 11 is 1.28. The van der Waals surface area contributed by atoms with Gasteiger partial charge in [-0.25, -0.2) is 9.67 Å². The van der Waals surface area contributed by atoms with Gasteiger partial charge in [0.2, 0.25) is 5.13 Å². The fourth-order valence-electron chi connectivity index (χ4n) is 1.18. The summed E-state index contributed by atoms with van der Waals surface area (Å²) in [6.45, 7) is 2.65. The second-order valence-electron chi connectivity index (χ2n) is 3.31. The van der Waals surface area contributed by atoms with Crippen LogP contribution >= 0.6 is 11.5 Å². The number of rotatable bonds is 5. The number of anilines is 1. The smallest absolute Gasteiger partial charge is 0.202 e. The minimum Gasteiger partial charge on any atom is -0.389 e. The number of aliphatic hydroxyl groups excluding tert-OH is 1. The van der Waals surface area contributed by atoms with Gasteiger partial charge in [0.15, 0.2) is 0 Å². The third kappa shape index (κ3) is 2.97. The van der Waals surface area contributed by atoms with E-state index >= 15 is 0 Å². The van der Waals surface area contributed by atoms with Crippen LogP contribution in [0.4, 0.5) is 5.13 Å². The number of nitrogens with zero attached hydrogens (tertiary/aromatic N) is 5. The van der Waals surface area contributed by atoms with Crippen molar-refractivity contribution >= 4 is 16.7 Å². The molecule has 0 spiro atoms. The molecule has 0 aromatic carbocycles. The fourth-order valence-corrected chi connectivity index (χ4v) is 1.76. The van der Waals surface area contributed by atoms with Gasteiger partial charge in [0.25, 0.3) is 0 Å². The molecule has 16 heavy (non-hydrogen) atoms. The Kier molecular flexibility index (Phi) is 3.42. The third-order valence-corrected chi connectivity index (χ3v) is 2.65. The fraction of sp³-hybridized carbons (Fsp3) is 0.500. The Labute approximate surface area is 96.3 Å². The molecule has 0 aliphatic rings. The van der Waals surface area contributed by atoms with E-state index in [1.165, 1.54) is 11.5 Å². The van der Waals surface area contributed by atoms with Crippen LogP contribution in [0.25, 0.3) is 0 Å². The molecule has 1 atom stereocenters. The molecule has 1 unspecified atom stereocenters. The molecular formula is C8H12N6OS. The number of hydrogen-bond acceptors (Lipinski definition) is 7. The van der Waals surface area contributed by atoms with E-state index in [4.69, 9.17) is 0 Å². The Bertz CT molecular complexity index is 427. The highest BCUT2D eigenvalue weighted by Gasteiger charge is 2.07. The van der Waals surface area contributed by atoms with Crippen LogP contribution in [0.5, 0.6) is 0 Å². The molecule has 2 aromatic rings. The van der Waals surface area contributed by atoms with E-state index in [2.05, 4.69) is 25.0 Å². The molecule has 86 valence electrons. The van der Waals surface area contributed by atoms with E-state index in [1.54, 1.807) is 17.1 Å². The van der Waals surface area contributed by atoms with E-state index in [-0.39, 0.29) is 0 Å². The van der Waals surface area contributed by atoms with Crippen LogP contribution in [0, 0.1) is 6.92 Å². The Hall–Kier alpha value is -1.54. The van der Waals surface area contributed by atoms with Crippen LogP contribution < -0.4 is 5.32 Å². The largest absolute Gasteiger partial charge is 0.389 e. The maximum absolute atomic E-state index is 9.69. The maximum atomic E-state index is 9.69. The molecule has 0 saturated carbocycles. The van der Waals surface area contributed by atoms with Crippen molar-refractivity contribution in [2.75, 3.05) is 11.9 Å². The van der Waals surface area contributed by atoms with Gasteiger partial charge in [-0.2, -0.15) is 4.37 Å². The highest BCUT2D eigenvalue weighted by molar-refractivity contribution is 7.09. The molecule has 7 nitrogen and oxygen atoms in total. The first-order valence-electron chi connectivity index (χ1n) is 4.80. The zero-order valence-corrected chi connectivity index (χ0v) is 9.55. The Morgan fingerprint density at radius 2 is 2.50 bits per heavy atom. The van der Waals surface area contributed by atoms with E-state index in [1.807, 2.05) is 6.92 Å². The Morgan fingerprint density at radius 1 is 1.62 bits per heavy atom. The zero-order chi connectivity index (χ0) is 11.4. The molecule has 2 N–H and O–H groups in total. The summed E-state index contributed by atoms with van der Waals surface area (Å²) in [5.74, 6) is 0.735. The average Bonchev–Trinajstić information content (AvgIpc) is 2.87. The molecule has 2 heterocycles. The van der Waals surface area contributed by atoms with E-state index in [0.717, 1.165) is 11.0 Å². The molecule has 8 heteroatoms. The summed E-state index contributed by atoms with van der Waals surface area (Å²) in [4.78, 5) is 4.13. The maximum Gasteiger partial charge on any atom is 0.202 e. The molecule has 0 saturated heterocycles. The molecule has 0 aliphatic carbocycles. The van der Waals surface area contributed by atoms with E-state index in [9.17, 15) is 5.11 Å². The number of aryl methyl sites for hydroxylation is 1. The normalized spacial score (nSPS) is 12.6. The topological polar surface area (TPSA) is 88.8 Å². The molecule has 0 bridgehead atoms. The third-order valence-electron chi connectivity index (χ3n) is 1.89. The summed E-state index contributed by atoms with van der Waals surface area (Å²) < 4.78 is 5.61. The van der Waals surface area contributed by atoms with Crippen LogP contribution in [0.1, 0.15) is 5.82 Å². The monoisotopic (exact) mass is 240 g/mol. The van der Waals surface area contributed by atoms with E-state index in [0.29, 0.717) is 13.1 Å². The highest BCUT2D eigenvalue weighted by Crippen LogP contribution is 2.09. The second-order valence-corrected chi connectivity index (χ2v) is 4.06. The van der Waals surface area contributed by atoms with Crippen LogP contribution in [-0.2, 0) is 6.54 Å². The SMILES string of the molecule is Cc1nsc(NCC(O)Cn2ccnn2)n1. The van der Waals surface area contributed by atoms with Crippen LogP contribution in [0.2, 0.25) is 0 Å². The second kappa shape index (κ2) is 4.99. The van der Waals surface area contributed by atoms with Crippen molar-refractivity contribution in [2.24, 2.45) is 0 Å². The number of nitrogens with one attached hydrogen (secondary N) is 1. The van der Waals surface area contributed by atoms with Crippen LogP contribution in [0.15, 0.2) is 12.4 Å². The van der Waals surface area contributed by atoms with Gasteiger partial charge >= 0.3 is 0 Å². The summed E-state index contributed by atoms with van der Waals surface area (Å²) in [6, 6.07) is 0. The summed E-state index contributed by atoms with van der Waals surface area (Å²) in [5, 5.41) is 20.9. The van der Waals surface area contributed by atoms with Gasteiger partial charge in [-0.05, 0) is 6.92 Å². The van der Waals surface area contributed by atoms with Gasteiger partial charge < -0.3 is 10.4 Å². The predicted molar refractivity (Wildman–Crippen MR) is 59.2 cm³/mol. The molecule has 2 rings (SSSR count). The minimum atomic E-state index is -0.536. The highest BCUT2D eigenvalue weighted by atomic mass is 32.1. The van der Waals surface area contributed by atoms with E-state index < -0.39 is 6.10 Å². The average molecular weight is 240 g/mol. The lowest BCUT2D eigenvalue weighted by molar-refractivity contribution is 0.160. The first-order chi connectivity index (χ1) is 7.74. The molecule has 0 radical (unpaired) electrons. The van der Waals surface area contributed by atoms with Gasteiger partial charge in [0.1, 0.15) is 5.82 Å². The number of hydrogen-bond donors (Lipinski definition) is 2.